The molecule has 1 saturated carbocycles. The minimum Gasteiger partial charge on any atom is -0.356 e. The molecular formula is C29H36N6O4S. The van der Waals surface area contributed by atoms with Gasteiger partial charge in [-0.1, -0.05) is 18.9 Å². The molecular weight excluding hydrogens is 528 g/mol. The molecule has 3 heterocycles. The number of amides is 2. The molecule has 0 radical (unpaired) electrons. The molecule has 2 amide bonds. The van der Waals surface area contributed by atoms with E-state index in [9.17, 15) is 18.0 Å². The number of carbonyl (C=O) groups excluding carboxylic acids is 2. The van der Waals surface area contributed by atoms with E-state index in [0.29, 0.717) is 64.1 Å². The Kier molecular flexibility index (Phi) is 8.66. The van der Waals surface area contributed by atoms with E-state index in [2.05, 4.69) is 15.2 Å². The van der Waals surface area contributed by atoms with E-state index in [1.54, 1.807) is 6.20 Å². The van der Waals surface area contributed by atoms with Crippen molar-refractivity contribution in [1.29, 1.82) is 5.26 Å². The summed E-state index contributed by atoms with van der Waals surface area (Å²) in [5, 5.41) is 12.2. The van der Waals surface area contributed by atoms with Crippen molar-refractivity contribution in [1.82, 2.24) is 19.5 Å². The molecule has 0 spiro atoms. The quantitative estimate of drug-likeness (QED) is 0.604. The molecule has 1 aromatic heterocycles. The zero-order chi connectivity index (χ0) is 28.1. The summed E-state index contributed by atoms with van der Waals surface area (Å²) in [7, 11) is -3.95. The predicted molar refractivity (Wildman–Crippen MR) is 150 cm³/mol. The average molecular weight is 565 g/mol. The largest absolute Gasteiger partial charge is 0.356 e. The number of rotatable bonds is 4. The molecule has 1 aromatic carbocycles. The summed E-state index contributed by atoms with van der Waals surface area (Å²) in [4.78, 5) is 35.6. The van der Waals surface area contributed by atoms with Crippen LogP contribution in [0, 0.1) is 23.2 Å². The number of pyridine rings is 1. The third-order valence-corrected chi connectivity index (χ3v) is 10.3. The van der Waals surface area contributed by atoms with Crippen LogP contribution in [0.2, 0.25) is 0 Å². The third-order valence-electron chi connectivity index (χ3n) is 8.34. The Balaban J connectivity index is 1.36. The molecule has 0 unspecified atom stereocenters. The van der Waals surface area contributed by atoms with Gasteiger partial charge >= 0.3 is 0 Å². The summed E-state index contributed by atoms with van der Waals surface area (Å²) in [6.07, 6.45) is 5.69. The van der Waals surface area contributed by atoms with Crippen LogP contribution in [0.3, 0.4) is 0 Å². The molecule has 40 heavy (non-hydrogen) atoms. The van der Waals surface area contributed by atoms with Crippen molar-refractivity contribution < 1.29 is 18.0 Å². The minimum absolute atomic E-state index is 0.0104. The van der Waals surface area contributed by atoms with Gasteiger partial charge in [0.25, 0.3) is 0 Å². The van der Waals surface area contributed by atoms with Crippen molar-refractivity contribution in [2.24, 2.45) is 11.8 Å². The van der Waals surface area contributed by atoms with Crippen LogP contribution in [0.1, 0.15) is 44.1 Å². The Morgan fingerprint density at radius 3 is 2.40 bits per heavy atom. The van der Waals surface area contributed by atoms with Crippen LogP contribution in [-0.2, 0) is 19.6 Å². The fourth-order valence-electron chi connectivity index (χ4n) is 6.16. The van der Waals surface area contributed by atoms with Gasteiger partial charge in [-0.3, -0.25) is 9.59 Å². The number of sulfonamides is 1. The smallest absolute Gasteiger partial charge is 0.243 e. The summed E-state index contributed by atoms with van der Waals surface area (Å²) >= 11 is 0. The van der Waals surface area contributed by atoms with E-state index in [0.717, 1.165) is 25.1 Å². The molecule has 1 aliphatic carbocycles. The summed E-state index contributed by atoms with van der Waals surface area (Å²) in [6, 6.07) is 13.1. The van der Waals surface area contributed by atoms with Crippen molar-refractivity contribution in [2.75, 3.05) is 44.2 Å². The van der Waals surface area contributed by atoms with Gasteiger partial charge in [-0.05, 0) is 62.1 Å². The van der Waals surface area contributed by atoms with E-state index in [-0.39, 0.29) is 16.7 Å². The maximum Gasteiger partial charge on any atom is 0.243 e. The number of carbonyl (C=O) groups is 2. The van der Waals surface area contributed by atoms with E-state index < -0.39 is 27.9 Å². The third kappa shape index (κ3) is 5.98. The average Bonchev–Trinajstić information content (AvgIpc) is 3.42. The number of nitrogens with zero attached hydrogens (tertiary/aromatic N) is 5. The van der Waals surface area contributed by atoms with Crippen LogP contribution in [0.5, 0.6) is 0 Å². The van der Waals surface area contributed by atoms with Crippen LogP contribution >= 0.6 is 0 Å². The van der Waals surface area contributed by atoms with Gasteiger partial charge in [0.15, 0.2) is 0 Å². The van der Waals surface area contributed by atoms with Crippen molar-refractivity contribution in [2.45, 2.75) is 49.5 Å². The van der Waals surface area contributed by atoms with Crippen LogP contribution in [-0.4, -0.2) is 79.7 Å². The molecule has 10 nitrogen and oxygen atoms in total. The number of nitriles is 1. The van der Waals surface area contributed by atoms with Crippen LogP contribution in [0.15, 0.2) is 53.6 Å². The monoisotopic (exact) mass is 564 g/mol. The molecule has 2 aromatic rings. The highest BCUT2D eigenvalue weighted by Crippen LogP contribution is 2.39. The molecule has 2 saturated heterocycles. The van der Waals surface area contributed by atoms with Gasteiger partial charge in [0.05, 0.1) is 22.4 Å². The highest BCUT2D eigenvalue weighted by Gasteiger charge is 2.48. The molecule has 11 heteroatoms. The predicted octanol–water partition coefficient (Wildman–Crippen LogP) is 2.38. The Hall–Kier alpha value is -3.49. The van der Waals surface area contributed by atoms with E-state index >= 15 is 0 Å². The van der Waals surface area contributed by atoms with Crippen molar-refractivity contribution in [3.05, 3.63) is 54.2 Å². The maximum absolute atomic E-state index is 13.9. The van der Waals surface area contributed by atoms with Crippen LogP contribution in [0.4, 0.5) is 5.82 Å². The first-order chi connectivity index (χ1) is 19.4. The lowest BCUT2D eigenvalue weighted by Gasteiger charge is -2.36. The SMILES string of the molecule is N#Cc1ccc(S(=O)(=O)N2CCCCCCNC(=O)[C@@H]3C[C@@H](C(=O)N4CCN(c5ccccn5)CC4)C[C@@H]32)cc1. The van der Waals surface area contributed by atoms with Crippen LogP contribution in [0.25, 0.3) is 0 Å². The summed E-state index contributed by atoms with van der Waals surface area (Å²) < 4.78 is 29.3. The number of hydrogen-bond acceptors (Lipinski definition) is 7. The topological polar surface area (TPSA) is 127 Å². The summed E-state index contributed by atoms with van der Waals surface area (Å²) in [5.74, 6) is -0.331. The summed E-state index contributed by atoms with van der Waals surface area (Å²) in [5.41, 5.74) is 0.378. The Bertz CT molecular complexity index is 1340. The number of fused-ring (bicyclic) bond motifs is 1. The van der Waals surface area contributed by atoms with E-state index in [1.165, 1.54) is 28.6 Å². The number of anilines is 1. The standard InChI is InChI=1S/C29H36N6O4S/c30-21-22-8-10-24(11-9-22)40(38,39)35-14-6-2-1-4-13-32-28(36)25-19-23(20-26(25)35)29(37)34-17-15-33(16-18-34)27-7-3-5-12-31-27/h3,5,7-12,23,25-26H,1-2,4,6,13-20H2,(H,32,36)/t23-,25-,26+/m1/s1. The number of nitrogens with one attached hydrogen (secondary N) is 1. The molecule has 0 bridgehead atoms. The minimum atomic E-state index is -3.95. The Morgan fingerprint density at radius 1 is 0.950 bits per heavy atom. The highest BCUT2D eigenvalue weighted by atomic mass is 32.2. The van der Waals surface area contributed by atoms with Gasteiger partial charge in [0.2, 0.25) is 21.8 Å². The van der Waals surface area contributed by atoms with E-state index in [4.69, 9.17) is 5.26 Å². The second-order valence-electron chi connectivity index (χ2n) is 10.8. The number of benzene rings is 1. The summed E-state index contributed by atoms with van der Waals surface area (Å²) in [6.45, 7) is 3.30. The number of piperazine rings is 1. The Morgan fingerprint density at radius 2 is 1.70 bits per heavy atom. The molecule has 212 valence electrons. The number of aromatic nitrogens is 1. The van der Waals surface area contributed by atoms with Gasteiger partial charge in [0, 0.05) is 57.4 Å². The molecule has 5 rings (SSSR count). The maximum atomic E-state index is 13.9. The van der Waals surface area contributed by atoms with E-state index in [1.807, 2.05) is 29.2 Å². The fourth-order valence-corrected chi connectivity index (χ4v) is 7.87. The van der Waals surface area contributed by atoms with Gasteiger partial charge in [-0.15, -0.1) is 0 Å². The molecule has 2 aliphatic heterocycles. The first-order valence-corrected chi connectivity index (χ1v) is 15.6. The first-order valence-electron chi connectivity index (χ1n) is 14.1. The molecule has 3 atom stereocenters. The zero-order valence-corrected chi connectivity index (χ0v) is 23.4. The fraction of sp³-hybridized carbons (Fsp3) is 0.517. The van der Waals surface area contributed by atoms with Crippen molar-refractivity contribution in [3.8, 4) is 6.07 Å². The van der Waals surface area contributed by atoms with Gasteiger partial charge in [-0.25, -0.2) is 13.4 Å². The number of hydrogen-bond donors (Lipinski definition) is 1. The second-order valence-corrected chi connectivity index (χ2v) is 12.7. The Labute approximate surface area is 236 Å². The normalized spacial score (nSPS) is 24.9. The highest BCUT2D eigenvalue weighted by molar-refractivity contribution is 7.89. The first kappa shape index (κ1) is 28.1. The second kappa shape index (κ2) is 12.4. The lowest BCUT2D eigenvalue weighted by molar-refractivity contribution is -0.135. The molecule has 3 aliphatic rings. The zero-order valence-electron chi connectivity index (χ0n) is 22.6. The van der Waals surface area contributed by atoms with Gasteiger partial charge in [-0.2, -0.15) is 9.57 Å². The lowest BCUT2D eigenvalue weighted by Crippen LogP contribution is -2.50. The van der Waals surface area contributed by atoms with Gasteiger partial charge in [0.1, 0.15) is 5.82 Å². The lowest BCUT2D eigenvalue weighted by atomic mass is 10.0. The van der Waals surface area contributed by atoms with Gasteiger partial charge < -0.3 is 15.1 Å². The van der Waals surface area contributed by atoms with Crippen LogP contribution < -0.4 is 10.2 Å². The molecule has 3 fully saturated rings. The van der Waals surface area contributed by atoms with Crippen molar-refractivity contribution in [3.63, 3.8) is 0 Å². The van der Waals surface area contributed by atoms with Crippen molar-refractivity contribution >= 4 is 27.7 Å². The molecule has 1 N–H and O–H groups in total.